The maximum absolute atomic E-state index is 10.9. The quantitative estimate of drug-likeness (QED) is 0.481. The van der Waals surface area contributed by atoms with Crippen LogP contribution in [0.25, 0.3) is 0 Å². The van der Waals surface area contributed by atoms with Crippen LogP contribution in [-0.4, -0.2) is 11.5 Å². The molecule has 3 nitrogen and oxygen atoms in total. The van der Waals surface area contributed by atoms with Gasteiger partial charge in [0.2, 0.25) is 0 Å². The van der Waals surface area contributed by atoms with Crippen LogP contribution in [0.3, 0.4) is 0 Å². The zero-order valence-electron chi connectivity index (χ0n) is 5.68. The molecule has 0 spiro atoms. The Bertz CT molecular complexity index is 188. The van der Waals surface area contributed by atoms with E-state index in [9.17, 15) is 4.79 Å². The maximum Gasteiger partial charge on any atom is 0.166 e. The molecule has 1 saturated carbocycles. The third kappa shape index (κ3) is 1.07. The minimum Gasteiger partial charge on any atom is -0.404 e. The van der Waals surface area contributed by atoms with Crippen LogP contribution in [-0.2, 0) is 4.79 Å². The van der Waals surface area contributed by atoms with Gasteiger partial charge in [-0.3, -0.25) is 4.79 Å². The fraction of sp³-hybridized carbons (Fsp3) is 0.429. The topological polar surface area (TPSA) is 66.9 Å². The molecule has 3 N–H and O–H groups in total. The van der Waals surface area contributed by atoms with Gasteiger partial charge in [-0.1, -0.05) is 0 Å². The first-order valence-electron chi connectivity index (χ1n) is 3.28. The highest BCUT2D eigenvalue weighted by Gasteiger charge is 2.18. The second kappa shape index (κ2) is 2.64. The summed E-state index contributed by atoms with van der Waals surface area (Å²) in [6.45, 7) is 0. The highest BCUT2D eigenvalue weighted by molar-refractivity contribution is 6.22. The summed E-state index contributed by atoms with van der Waals surface area (Å²) in [5, 5.41) is 7.31. The number of Topliss-reactive ketones (excluding diaryl/α,β-unsaturated/α-hetero) is 1. The normalized spacial score (nSPS) is 23.8. The second-order valence-electron chi connectivity index (χ2n) is 2.34. The lowest BCUT2D eigenvalue weighted by atomic mass is 9.92. The first kappa shape index (κ1) is 6.99. The Balaban J connectivity index is 2.83. The average molecular weight is 138 g/mol. The maximum atomic E-state index is 10.9. The van der Waals surface area contributed by atoms with Gasteiger partial charge in [0.05, 0.1) is 5.57 Å². The first-order valence-corrected chi connectivity index (χ1v) is 3.28. The lowest BCUT2D eigenvalue weighted by Gasteiger charge is -2.12. The van der Waals surface area contributed by atoms with Gasteiger partial charge in [-0.05, 0) is 12.8 Å². The Hall–Kier alpha value is -1.12. The van der Waals surface area contributed by atoms with E-state index in [0.717, 1.165) is 6.42 Å². The molecule has 54 valence electrons. The van der Waals surface area contributed by atoms with Gasteiger partial charge in [-0.2, -0.15) is 0 Å². The molecule has 0 bridgehead atoms. The number of carbonyl (C=O) groups is 1. The molecule has 0 saturated heterocycles. The molecule has 0 aromatic carbocycles. The van der Waals surface area contributed by atoms with Crippen LogP contribution < -0.4 is 5.73 Å². The summed E-state index contributed by atoms with van der Waals surface area (Å²) in [6, 6.07) is 0. The number of allylic oxidation sites excluding steroid dienone is 1. The fourth-order valence-corrected chi connectivity index (χ4v) is 1.06. The Morgan fingerprint density at radius 3 is 2.60 bits per heavy atom. The van der Waals surface area contributed by atoms with Gasteiger partial charge in [0.1, 0.15) is 0 Å². The van der Waals surface area contributed by atoms with Crippen LogP contribution in [0.2, 0.25) is 0 Å². The summed E-state index contributed by atoms with van der Waals surface area (Å²) < 4.78 is 0. The Morgan fingerprint density at radius 1 is 1.50 bits per heavy atom. The molecule has 1 aliphatic carbocycles. The molecule has 0 aliphatic heterocycles. The van der Waals surface area contributed by atoms with E-state index in [4.69, 9.17) is 11.1 Å². The van der Waals surface area contributed by atoms with Crippen LogP contribution in [0.15, 0.2) is 11.8 Å². The molecule has 10 heavy (non-hydrogen) atoms. The van der Waals surface area contributed by atoms with Crippen LogP contribution in [0.4, 0.5) is 0 Å². The molecular weight excluding hydrogens is 128 g/mol. The van der Waals surface area contributed by atoms with Crippen LogP contribution in [0.5, 0.6) is 0 Å². The van der Waals surface area contributed by atoms with Crippen molar-refractivity contribution in [2.45, 2.75) is 19.3 Å². The molecule has 1 fully saturated rings. The van der Waals surface area contributed by atoms with E-state index >= 15 is 0 Å². The van der Waals surface area contributed by atoms with Gasteiger partial charge < -0.3 is 11.1 Å². The van der Waals surface area contributed by atoms with Crippen LogP contribution >= 0.6 is 0 Å². The summed E-state index contributed by atoms with van der Waals surface area (Å²) in [4.78, 5) is 10.9. The lowest BCUT2D eigenvalue weighted by molar-refractivity contribution is -0.115. The van der Waals surface area contributed by atoms with Crippen molar-refractivity contribution in [1.82, 2.24) is 0 Å². The molecule has 0 radical (unpaired) electrons. The minimum absolute atomic E-state index is 0.0127. The van der Waals surface area contributed by atoms with Gasteiger partial charge in [0, 0.05) is 18.3 Å². The van der Waals surface area contributed by atoms with Crippen molar-refractivity contribution in [2.24, 2.45) is 5.73 Å². The van der Waals surface area contributed by atoms with Gasteiger partial charge in [0.15, 0.2) is 5.78 Å². The number of hydrogen-bond donors (Lipinski definition) is 2. The smallest absolute Gasteiger partial charge is 0.166 e. The fourth-order valence-electron chi connectivity index (χ4n) is 1.06. The Morgan fingerprint density at radius 2 is 2.20 bits per heavy atom. The minimum atomic E-state index is 0.0127. The van der Waals surface area contributed by atoms with Crippen molar-refractivity contribution in [2.75, 3.05) is 0 Å². The average Bonchev–Trinajstić information content (AvgIpc) is 1.88. The number of nitrogens with one attached hydrogen (secondary N) is 1. The van der Waals surface area contributed by atoms with Gasteiger partial charge in [-0.15, -0.1) is 0 Å². The van der Waals surface area contributed by atoms with Crippen LogP contribution in [0, 0.1) is 5.41 Å². The van der Waals surface area contributed by atoms with E-state index < -0.39 is 0 Å². The largest absolute Gasteiger partial charge is 0.404 e. The Kier molecular flexibility index (Phi) is 1.85. The third-order valence-electron chi connectivity index (χ3n) is 1.62. The van der Waals surface area contributed by atoms with Gasteiger partial charge in [0.25, 0.3) is 0 Å². The van der Waals surface area contributed by atoms with Crippen molar-refractivity contribution in [3.8, 4) is 0 Å². The monoisotopic (exact) mass is 138 g/mol. The molecule has 0 aromatic rings. The number of carbonyl (C=O) groups excluding carboxylic acids is 1. The third-order valence-corrected chi connectivity index (χ3v) is 1.62. The SMILES string of the molecule is N=C1CCCC(=O)C1=CN. The predicted octanol–water partition coefficient (Wildman–Crippen LogP) is 0.602. The molecule has 0 heterocycles. The number of rotatable bonds is 0. The first-order chi connectivity index (χ1) is 4.75. The highest BCUT2D eigenvalue weighted by atomic mass is 16.1. The molecule has 1 rings (SSSR count). The number of ketones is 1. The summed E-state index contributed by atoms with van der Waals surface area (Å²) in [7, 11) is 0. The zero-order valence-corrected chi connectivity index (χ0v) is 5.68. The van der Waals surface area contributed by atoms with E-state index in [1.165, 1.54) is 6.20 Å². The molecule has 3 heteroatoms. The summed E-state index contributed by atoms with van der Waals surface area (Å²) in [6.07, 6.45) is 3.28. The molecule has 0 atom stereocenters. The van der Waals surface area contributed by atoms with E-state index in [1.54, 1.807) is 0 Å². The van der Waals surface area contributed by atoms with E-state index in [0.29, 0.717) is 24.1 Å². The highest BCUT2D eigenvalue weighted by Crippen LogP contribution is 2.15. The Labute approximate surface area is 59.4 Å². The number of nitrogens with two attached hydrogens (primary N) is 1. The van der Waals surface area contributed by atoms with E-state index in [1.807, 2.05) is 0 Å². The molecule has 0 aromatic heterocycles. The molecule has 1 aliphatic rings. The van der Waals surface area contributed by atoms with Crippen molar-refractivity contribution in [3.05, 3.63) is 11.8 Å². The van der Waals surface area contributed by atoms with Gasteiger partial charge >= 0.3 is 0 Å². The van der Waals surface area contributed by atoms with Crippen molar-refractivity contribution >= 4 is 11.5 Å². The van der Waals surface area contributed by atoms with E-state index in [2.05, 4.69) is 0 Å². The lowest BCUT2D eigenvalue weighted by Crippen LogP contribution is -2.19. The standard InChI is InChI=1S/C7H10N2O/c8-4-5-6(9)2-1-3-7(5)10/h4,9H,1-3,8H2. The molecule has 0 amide bonds. The van der Waals surface area contributed by atoms with Gasteiger partial charge in [-0.25, -0.2) is 0 Å². The summed E-state index contributed by atoms with van der Waals surface area (Å²) >= 11 is 0. The molecule has 0 unspecified atom stereocenters. The summed E-state index contributed by atoms with van der Waals surface area (Å²) in [5.41, 5.74) is 5.96. The zero-order chi connectivity index (χ0) is 7.56. The van der Waals surface area contributed by atoms with Crippen molar-refractivity contribution in [3.63, 3.8) is 0 Å². The predicted molar refractivity (Wildman–Crippen MR) is 38.9 cm³/mol. The molecular formula is C7H10N2O. The van der Waals surface area contributed by atoms with E-state index in [-0.39, 0.29) is 5.78 Å². The summed E-state index contributed by atoms with van der Waals surface area (Å²) in [5.74, 6) is 0.0127. The van der Waals surface area contributed by atoms with Crippen molar-refractivity contribution < 1.29 is 4.79 Å². The van der Waals surface area contributed by atoms with Crippen molar-refractivity contribution in [1.29, 1.82) is 5.41 Å². The van der Waals surface area contributed by atoms with Crippen LogP contribution in [0.1, 0.15) is 19.3 Å². The second-order valence-corrected chi connectivity index (χ2v) is 2.34. The number of hydrogen-bond acceptors (Lipinski definition) is 3.